The summed E-state index contributed by atoms with van der Waals surface area (Å²) in [5.41, 5.74) is -2.63. The zero-order chi connectivity index (χ0) is 15.8. The van der Waals surface area contributed by atoms with Gasteiger partial charge in [0.05, 0.1) is 12.8 Å². The van der Waals surface area contributed by atoms with Crippen molar-refractivity contribution in [3.63, 3.8) is 0 Å². The number of ether oxygens (including phenoxy) is 2. The standard InChI is InChI=1S/C12H7F4NO4/c1-20-11-8(9(18)10(11)19)17-7-4-5(2-3-6(7)13)21-12(14,15)16/h2-4,17H,1H3. The Morgan fingerprint density at radius 3 is 2.38 bits per heavy atom. The van der Waals surface area contributed by atoms with Crippen LogP contribution in [0.25, 0.3) is 0 Å². The molecule has 0 atom stereocenters. The van der Waals surface area contributed by atoms with Crippen LogP contribution in [0, 0.1) is 5.82 Å². The lowest BCUT2D eigenvalue weighted by atomic mass is 10.2. The molecule has 112 valence electrons. The van der Waals surface area contributed by atoms with Crippen molar-refractivity contribution in [2.45, 2.75) is 6.36 Å². The van der Waals surface area contributed by atoms with Crippen LogP contribution in [0.4, 0.5) is 28.9 Å². The molecule has 0 saturated carbocycles. The Balaban J connectivity index is 2.32. The van der Waals surface area contributed by atoms with Gasteiger partial charge in [-0.3, -0.25) is 9.59 Å². The van der Waals surface area contributed by atoms with Crippen LogP contribution in [-0.4, -0.2) is 13.5 Å². The van der Waals surface area contributed by atoms with Gasteiger partial charge in [0.2, 0.25) is 0 Å². The van der Waals surface area contributed by atoms with Crippen molar-refractivity contribution >= 4 is 11.4 Å². The van der Waals surface area contributed by atoms with Gasteiger partial charge in [-0.25, -0.2) is 4.39 Å². The second kappa shape index (κ2) is 5.08. The highest BCUT2D eigenvalue weighted by Gasteiger charge is 2.31. The summed E-state index contributed by atoms with van der Waals surface area (Å²) in [7, 11) is 1.13. The number of hydrogen-bond donors (Lipinski definition) is 1. The maximum absolute atomic E-state index is 13.5. The first-order chi connectivity index (χ1) is 9.73. The van der Waals surface area contributed by atoms with Crippen molar-refractivity contribution in [2.24, 2.45) is 0 Å². The second-order valence-corrected chi connectivity index (χ2v) is 3.88. The summed E-state index contributed by atoms with van der Waals surface area (Å²) in [5.74, 6) is -1.93. The maximum atomic E-state index is 13.5. The van der Waals surface area contributed by atoms with E-state index in [1.807, 2.05) is 0 Å². The Morgan fingerprint density at radius 2 is 1.81 bits per heavy atom. The molecule has 0 aromatic heterocycles. The predicted octanol–water partition coefficient (Wildman–Crippen LogP) is 2.07. The van der Waals surface area contributed by atoms with Crippen LogP contribution in [0.3, 0.4) is 0 Å². The van der Waals surface area contributed by atoms with E-state index >= 15 is 0 Å². The minimum Gasteiger partial charge on any atom is -0.491 e. The Hall–Kier alpha value is -2.58. The van der Waals surface area contributed by atoms with Gasteiger partial charge in [-0.05, 0) is 12.1 Å². The summed E-state index contributed by atoms with van der Waals surface area (Å²) >= 11 is 0. The van der Waals surface area contributed by atoms with Crippen LogP contribution in [0.15, 0.2) is 27.8 Å². The summed E-state index contributed by atoms with van der Waals surface area (Å²) in [6.07, 6.45) is -4.94. The lowest BCUT2D eigenvalue weighted by Crippen LogP contribution is -2.34. The van der Waals surface area contributed by atoms with Crippen LogP contribution in [-0.2, 0) is 0 Å². The van der Waals surface area contributed by atoms with E-state index in [1.54, 1.807) is 0 Å². The van der Waals surface area contributed by atoms with Crippen molar-refractivity contribution in [2.75, 3.05) is 12.4 Å². The normalized spacial score (nSPS) is 11.5. The maximum Gasteiger partial charge on any atom is 0.573 e. The fourth-order valence-corrected chi connectivity index (χ4v) is 1.61. The van der Waals surface area contributed by atoms with Gasteiger partial charge in [0.25, 0.3) is 10.9 Å². The summed E-state index contributed by atoms with van der Waals surface area (Å²) < 4.78 is 58.0. The highest BCUT2D eigenvalue weighted by molar-refractivity contribution is 5.70. The van der Waals surface area contributed by atoms with Crippen molar-refractivity contribution in [1.29, 1.82) is 0 Å². The fraction of sp³-hybridized carbons (Fsp3) is 0.167. The Bertz CT molecular complexity index is 747. The molecule has 0 unspecified atom stereocenters. The molecule has 1 N–H and O–H groups in total. The SMILES string of the molecule is COc1c(Nc2cc(OC(F)(F)F)ccc2F)c(=O)c1=O. The average molecular weight is 305 g/mol. The molecular weight excluding hydrogens is 298 g/mol. The number of methoxy groups -OCH3 is 1. The van der Waals surface area contributed by atoms with Gasteiger partial charge in [-0.15, -0.1) is 13.2 Å². The monoisotopic (exact) mass is 305 g/mol. The molecule has 2 aromatic carbocycles. The van der Waals surface area contributed by atoms with E-state index in [0.717, 1.165) is 19.2 Å². The number of anilines is 2. The molecule has 0 fully saturated rings. The van der Waals surface area contributed by atoms with Gasteiger partial charge < -0.3 is 14.8 Å². The highest BCUT2D eigenvalue weighted by atomic mass is 19.4. The average Bonchev–Trinajstić information content (AvgIpc) is 2.39. The Morgan fingerprint density at radius 1 is 1.14 bits per heavy atom. The summed E-state index contributed by atoms with van der Waals surface area (Å²) in [4.78, 5) is 22.4. The molecule has 0 bridgehead atoms. The number of alkyl halides is 3. The molecule has 0 aliphatic heterocycles. The third-order valence-electron chi connectivity index (χ3n) is 2.50. The van der Waals surface area contributed by atoms with E-state index in [9.17, 15) is 27.2 Å². The Labute approximate surface area is 114 Å². The lowest BCUT2D eigenvalue weighted by molar-refractivity contribution is -0.274. The van der Waals surface area contributed by atoms with Crippen LogP contribution < -0.4 is 25.6 Å². The first kappa shape index (κ1) is 14.8. The molecule has 0 aliphatic rings. The third-order valence-corrected chi connectivity index (χ3v) is 2.50. The van der Waals surface area contributed by atoms with Crippen molar-refractivity contribution in [1.82, 2.24) is 0 Å². The molecule has 5 nitrogen and oxygen atoms in total. The number of nitrogens with one attached hydrogen (secondary N) is 1. The molecule has 0 spiro atoms. The summed E-state index contributed by atoms with van der Waals surface area (Å²) in [5, 5.41) is 2.22. The number of halogens is 4. The van der Waals surface area contributed by atoms with E-state index in [0.29, 0.717) is 6.07 Å². The van der Waals surface area contributed by atoms with Gasteiger partial charge in [-0.2, -0.15) is 0 Å². The lowest BCUT2D eigenvalue weighted by Gasteiger charge is -2.14. The van der Waals surface area contributed by atoms with Gasteiger partial charge >= 0.3 is 6.36 Å². The molecular formula is C12H7F4NO4. The van der Waals surface area contributed by atoms with Crippen LogP contribution in [0.2, 0.25) is 0 Å². The smallest absolute Gasteiger partial charge is 0.491 e. The molecule has 0 aliphatic carbocycles. The highest BCUT2D eigenvalue weighted by Crippen LogP contribution is 2.30. The van der Waals surface area contributed by atoms with E-state index in [-0.39, 0.29) is 11.4 Å². The zero-order valence-electron chi connectivity index (χ0n) is 10.4. The molecule has 2 rings (SSSR count). The molecule has 9 heteroatoms. The van der Waals surface area contributed by atoms with Crippen LogP contribution in [0.5, 0.6) is 11.5 Å². The van der Waals surface area contributed by atoms with Crippen molar-refractivity contribution in [3.05, 3.63) is 44.5 Å². The first-order valence-electron chi connectivity index (χ1n) is 5.42. The predicted molar refractivity (Wildman–Crippen MR) is 64.3 cm³/mol. The molecule has 0 amide bonds. The minimum atomic E-state index is -4.94. The summed E-state index contributed by atoms with van der Waals surface area (Å²) in [6, 6.07) is 2.20. The second-order valence-electron chi connectivity index (χ2n) is 3.88. The molecule has 0 heterocycles. The Kier molecular flexibility index (Phi) is 3.58. The zero-order valence-corrected chi connectivity index (χ0v) is 10.4. The van der Waals surface area contributed by atoms with Gasteiger partial charge in [0.15, 0.2) is 5.75 Å². The van der Waals surface area contributed by atoms with Gasteiger partial charge in [0, 0.05) is 6.07 Å². The largest absolute Gasteiger partial charge is 0.573 e. The van der Waals surface area contributed by atoms with Crippen LogP contribution in [0.1, 0.15) is 0 Å². The minimum absolute atomic E-state index is 0.318. The molecule has 0 saturated heterocycles. The van der Waals surface area contributed by atoms with Gasteiger partial charge in [0.1, 0.15) is 17.3 Å². The number of benzene rings is 1. The molecule has 2 aromatic rings. The topological polar surface area (TPSA) is 64.6 Å². The molecule has 0 radical (unpaired) electrons. The number of rotatable bonds is 4. The summed E-state index contributed by atoms with van der Waals surface area (Å²) in [6.45, 7) is 0. The van der Waals surface area contributed by atoms with E-state index in [4.69, 9.17) is 0 Å². The number of hydrogen-bond acceptors (Lipinski definition) is 5. The third kappa shape index (κ3) is 2.96. The van der Waals surface area contributed by atoms with Gasteiger partial charge in [-0.1, -0.05) is 0 Å². The first-order valence-corrected chi connectivity index (χ1v) is 5.42. The van der Waals surface area contributed by atoms with E-state index in [1.165, 1.54) is 0 Å². The quantitative estimate of drug-likeness (QED) is 0.692. The van der Waals surface area contributed by atoms with E-state index < -0.39 is 34.5 Å². The van der Waals surface area contributed by atoms with Crippen LogP contribution >= 0.6 is 0 Å². The van der Waals surface area contributed by atoms with E-state index in [2.05, 4.69) is 14.8 Å². The van der Waals surface area contributed by atoms with Crippen molar-refractivity contribution in [3.8, 4) is 11.5 Å². The van der Waals surface area contributed by atoms with Crippen molar-refractivity contribution < 1.29 is 27.0 Å². The fourth-order valence-electron chi connectivity index (χ4n) is 1.61. The molecule has 21 heavy (non-hydrogen) atoms.